The average Bonchev–Trinajstić information content (AvgIpc) is 2.63. The normalized spacial score (nSPS) is 10.6. The van der Waals surface area contributed by atoms with Crippen molar-refractivity contribution in [2.75, 3.05) is 0 Å². The maximum absolute atomic E-state index is 11.1. The zero-order valence-corrected chi connectivity index (χ0v) is 10.4. The van der Waals surface area contributed by atoms with Crippen molar-refractivity contribution in [1.82, 2.24) is 14.8 Å². The van der Waals surface area contributed by atoms with Crippen LogP contribution in [0, 0.1) is 13.8 Å². The van der Waals surface area contributed by atoms with E-state index in [1.807, 2.05) is 18.3 Å². The summed E-state index contributed by atoms with van der Waals surface area (Å²) in [6, 6.07) is 3.88. The lowest BCUT2D eigenvalue weighted by molar-refractivity contribution is 0.0695. The van der Waals surface area contributed by atoms with Crippen LogP contribution in [0.1, 0.15) is 27.3 Å². The molecule has 5 heteroatoms. The van der Waals surface area contributed by atoms with Gasteiger partial charge in [0, 0.05) is 18.9 Å². The number of rotatable bonds is 4. The van der Waals surface area contributed by atoms with E-state index in [1.165, 1.54) is 0 Å². The van der Waals surface area contributed by atoms with Crippen LogP contribution in [-0.2, 0) is 13.0 Å². The molecule has 2 rings (SSSR count). The molecule has 2 heterocycles. The molecule has 0 spiro atoms. The first kappa shape index (κ1) is 12.3. The van der Waals surface area contributed by atoms with Gasteiger partial charge in [0.2, 0.25) is 0 Å². The molecule has 2 aromatic rings. The molecule has 0 atom stereocenters. The lowest BCUT2D eigenvalue weighted by Crippen LogP contribution is -2.07. The van der Waals surface area contributed by atoms with Gasteiger partial charge in [-0.2, -0.15) is 5.10 Å². The van der Waals surface area contributed by atoms with Crippen LogP contribution in [0.2, 0.25) is 0 Å². The molecule has 0 amide bonds. The van der Waals surface area contributed by atoms with Crippen molar-refractivity contribution in [1.29, 1.82) is 0 Å². The van der Waals surface area contributed by atoms with Crippen LogP contribution in [0.3, 0.4) is 0 Å². The van der Waals surface area contributed by atoms with E-state index in [4.69, 9.17) is 5.11 Å². The Labute approximate surface area is 105 Å². The minimum atomic E-state index is -0.919. The van der Waals surface area contributed by atoms with Gasteiger partial charge in [0.05, 0.1) is 11.4 Å². The van der Waals surface area contributed by atoms with Gasteiger partial charge in [-0.3, -0.25) is 9.67 Å². The molecular formula is C13H15N3O2. The fourth-order valence-electron chi connectivity index (χ4n) is 2.01. The standard InChI is InChI=1S/C13H15N3O2/c1-9-12(13(17)18)10(2)16(15-9)7-5-11-4-3-6-14-8-11/h3-4,6,8H,5,7H2,1-2H3,(H,17,18). The summed E-state index contributed by atoms with van der Waals surface area (Å²) in [4.78, 5) is 15.1. The smallest absolute Gasteiger partial charge is 0.339 e. The number of carboxylic acids is 1. The Kier molecular flexibility index (Phi) is 3.41. The van der Waals surface area contributed by atoms with E-state index in [9.17, 15) is 4.79 Å². The van der Waals surface area contributed by atoms with Crippen LogP contribution in [-0.4, -0.2) is 25.8 Å². The molecule has 0 saturated heterocycles. The zero-order valence-electron chi connectivity index (χ0n) is 10.4. The molecule has 2 aromatic heterocycles. The average molecular weight is 245 g/mol. The van der Waals surface area contributed by atoms with Gasteiger partial charge in [-0.15, -0.1) is 0 Å². The molecule has 0 aliphatic carbocycles. The van der Waals surface area contributed by atoms with Crippen molar-refractivity contribution in [3.8, 4) is 0 Å². The second kappa shape index (κ2) is 5.00. The van der Waals surface area contributed by atoms with Gasteiger partial charge in [0.15, 0.2) is 0 Å². The first-order valence-electron chi connectivity index (χ1n) is 5.76. The van der Waals surface area contributed by atoms with Crippen LogP contribution in [0.4, 0.5) is 0 Å². The maximum atomic E-state index is 11.1. The van der Waals surface area contributed by atoms with Gasteiger partial charge in [0.25, 0.3) is 0 Å². The van der Waals surface area contributed by atoms with E-state index >= 15 is 0 Å². The third-order valence-electron chi connectivity index (χ3n) is 2.93. The number of nitrogens with zero attached hydrogens (tertiary/aromatic N) is 3. The monoisotopic (exact) mass is 245 g/mol. The fraction of sp³-hybridized carbons (Fsp3) is 0.308. The van der Waals surface area contributed by atoms with Gasteiger partial charge >= 0.3 is 5.97 Å². The van der Waals surface area contributed by atoms with Crippen molar-refractivity contribution in [3.05, 3.63) is 47.0 Å². The molecule has 0 unspecified atom stereocenters. The number of aryl methyl sites for hydroxylation is 3. The molecule has 18 heavy (non-hydrogen) atoms. The summed E-state index contributed by atoms with van der Waals surface area (Å²) < 4.78 is 1.74. The number of aromatic nitrogens is 3. The first-order valence-corrected chi connectivity index (χ1v) is 5.76. The van der Waals surface area contributed by atoms with E-state index in [0.29, 0.717) is 23.5 Å². The minimum absolute atomic E-state index is 0.307. The second-order valence-electron chi connectivity index (χ2n) is 4.19. The van der Waals surface area contributed by atoms with E-state index in [0.717, 1.165) is 12.0 Å². The van der Waals surface area contributed by atoms with Crippen LogP contribution in [0.15, 0.2) is 24.5 Å². The van der Waals surface area contributed by atoms with Gasteiger partial charge in [0.1, 0.15) is 5.56 Å². The molecule has 0 fully saturated rings. The van der Waals surface area contributed by atoms with Crippen molar-refractivity contribution >= 4 is 5.97 Å². The van der Waals surface area contributed by atoms with Gasteiger partial charge < -0.3 is 5.11 Å². The lowest BCUT2D eigenvalue weighted by atomic mass is 10.2. The summed E-state index contributed by atoms with van der Waals surface area (Å²) in [6.45, 7) is 4.16. The van der Waals surface area contributed by atoms with Gasteiger partial charge in [-0.05, 0) is 31.9 Å². The summed E-state index contributed by atoms with van der Waals surface area (Å²) in [5, 5.41) is 13.3. The number of hydrogen-bond donors (Lipinski definition) is 1. The summed E-state index contributed by atoms with van der Waals surface area (Å²) >= 11 is 0. The molecule has 0 aliphatic rings. The number of carbonyl (C=O) groups is 1. The van der Waals surface area contributed by atoms with Crippen LogP contribution < -0.4 is 0 Å². The second-order valence-corrected chi connectivity index (χ2v) is 4.19. The van der Waals surface area contributed by atoms with Crippen LogP contribution >= 0.6 is 0 Å². The Morgan fingerprint density at radius 2 is 2.22 bits per heavy atom. The highest BCUT2D eigenvalue weighted by molar-refractivity contribution is 5.90. The molecular weight excluding hydrogens is 230 g/mol. The molecule has 1 N–H and O–H groups in total. The Morgan fingerprint density at radius 1 is 1.44 bits per heavy atom. The summed E-state index contributed by atoms with van der Waals surface area (Å²) in [7, 11) is 0. The van der Waals surface area contributed by atoms with Crippen molar-refractivity contribution < 1.29 is 9.90 Å². The van der Waals surface area contributed by atoms with E-state index in [2.05, 4.69) is 10.1 Å². The predicted molar refractivity (Wildman–Crippen MR) is 66.6 cm³/mol. The van der Waals surface area contributed by atoms with Gasteiger partial charge in [-0.25, -0.2) is 4.79 Å². The Bertz CT molecular complexity index is 561. The molecule has 0 aliphatic heterocycles. The van der Waals surface area contributed by atoms with E-state index in [-0.39, 0.29) is 0 Å². The topological polar surface area (TPSA) is 68.0 Å². The Morgan fingerprint density at radius 3 is 2.78 bits per heavy atom. The highest BCUT2D eigenvalue weighted by Gasteiger charge is 2.17. The molecule has 5 nitrogen and oxygen atoms in total. The molecule has 0 radical (unpaired) electrons. The third kappa shape index (κ3) is 2.40. The number of aromatic carboxylic acids is 1. The summed E-state index contributed by atoms with van der Waals surface area (Å²) in [5.74, 6) is -0.919. The van der Waals surface area contributed by atoms with Crippen molar-refractivity contribution in [2.45, 2.75) is 26.8 Å². The first-order chi connectivity index (χ1) is 8.59. The highest BCUT2D eigenvalue weighted by atomic mass is 16.4. The number of pyridine rings is 1. The van der Waals surface area contributed by atoms with Crippen molar-refractivity contribution in [2.24, 2.45) is 0 Å². The summed E-state index contributed by atoms with van der Waals surface area (Å²) in [6.07, 6.45) is 4.33. The highest BCUT2D eigenvalue weighted by Crippen LogP contribution is 2.13. The van der Waals surface area contributed by atoms with Crippen LogP contribution in [0.5, 0.6) is 0 Å². The zero-order chi connectivity index (χ0) is 13.1. The Balaban J connectivity index is 2.16. The summed E-state index contributed by atoms with van der Waals surface area (Å²) in [5.41, 5.74) is 2.68. The number of hydrogen-bond acceptors (Lipinski definition) is 3. The Hall–Kier alpha value is -2.17. The lowest BCUT2D eigenvalue weighted by Gasteiger charge is -2.04. The maximum Gasteiger partial charge on any atom is 0.339 e. The van der Waals surface area contributed by atoms with E-state index in [1.54, 1.807) is 24.7 Å². The van der Waals surface area contributed by atoms with Gasteiger partial charge in [-0.1, -0.05) is 6.07 Å². The largest absolute Gasteiger partial charge is 0.478 e. The number of carboxylic acid groups (broad SMARTS) is 1. The fourth-order valence-corrected chi connectivity index (χ4v) is 2.01. The van der Waals surface area contributed by atoms with Crippen LogP contribution in [0.25, 0.3) is 0 Å². The molecule has 0 aromatic carbocycles. The SMILES string of the molecule is Cc1nn(CCc2cccnc2)c(C)c1C(=O)O. The van der Waals surface area contributed by atoms with E-state index < -0.39 is 5.97 Å². The molecule has 94 valence electrons. The van der Waals surface area contributed by atoms with Crippen molar-refractivity contribution in [3.63, 3.8) is 0 Å². The predicted octanol–water partition coefficient (Wildman–Crippen LogP) is 1.84. The minimum Gasteiger partial charge on any atom is -0.478 e. The quantitative estimate of drug-likeness (QED) is 0.892. The third-order valence-corrected chi connectivity index (χ3v) is 2.93. The molecule has 0 saturated carbocycles. The molecule has 0 bridgehead atoms.